The molecule has 1 aromatic carbocycles. The number of halogens is 1. The van der Waals surface area contributed by atoms with Crippen molar-refractivity contribution in [3.63, 3.8) is 0 Å². The Kier molecular flexibility index (Phi) is 5.74. The lowest BCUT2D eigenvalue weighted by molar-refractivity contribution is 0.0510. The van der Waals surface area contributed by atoms with Crippen LogP contribution in [0.5, 0.6) is 0 Å². The summed E-state index contributed by atoms with van der Waals surface area (Å²) < 4.78 is 7.51. The van der Waals surface area contributed by atoms with Crippen LogP contribution < -0.4 is 0 Å². The molecule has 2 aliphatic rings. The second-order valence-corrected chi connectivity index (χ2v) is 9.12. The van der Waals surface area contributed by atoms with Crippen molar-refractivity contribution in [2.45, 2.75) is 38.7 Å². The molecule has 1 unspecified atom stereocenters. The van der Waals surface area contributed by atoms with E-state index in [0.29, 0.717) is 19.5 Å². The number of ether oxygens (including phenoxy) is 1. The van der Waals surface area contributed by atoms with Gasteiger partial charge in [0.05, 0.1) is 11.8 Å². The van der Waals surface area contributed by atoms with Gasteiger partial charge in [-0.25, -0.2) is 0 Å². The fourth-order valence-electron chi connectivity index (χ4n) is 4.65. The molecule has 0 saturated carbocycles. The topological polar surface area (TPSA) is 60.3 Å². The molecule has 0 N–H and O–H groups in total. The van der Waals surface area contributed by atoms with Crippen molar-refractivity contribution in [3.05, 3.63) is 69.5 Å². The molecule has 7 heteroatoms. The third-order valence-corrected chi connectivity index (χ3v) is 7.02. The predicted molar refractivity (Wildman–Crippen MR) is 124 cm³/mol. The number of benzene rings is 1. The zero-order valence-electron chi connectivity index (χ0n) is 18.5. The summed E-state index contributed by atoms with van der Waals surface area (Å²) in [5.41, 5.74) is 6.58. The van der Waals surface area contributed by atoms with Crippen LogP contribution in [0.25, 0.3) is 11.4 Å². The van der Waals surface area contributed by atoms with E-state index >= 15 is 0 Å². The van der Waals surface area contributed by atoms with Gasteiger partial charge in [0, 0.05) is 49.7 Å². The molecule has 5 rings (SSSR count). The molecule has 1 atom stereocenters. The van der Waals surface area contributed by atoms with Gasteiger partial charge in [-0.3, -0.25) is 14.5 Å². The Morgan fingerprint density at radius 1 is 1.25 bits per heavy atom. The molecule has 2 aliphatic heterocycles. The molecule has 2 aromatic heterocycles. The monoisotopic (exact) mass is 450 g/mol. The van der Waals surface area contributed by atoms with E-state index < -0.39 is 0 Å². The third-order valence-electron chi connectivity index (χ3n) is 6.51. The number of pyridine rings is 1. The molecule has 1 fully saturated rings. The van der Waals surface area contributed by atoms with Crippen LogP contribution in [-0.4, -0.2) is 51.4 Å². The molecule has 0 bridgehead atoms. The minimum absolute atomic E-state index is 0.0634. The Bertz CT molecular complexity index is 1150. The molecule has 0 aliphatic carbocycles. The van der Waals surface area contributed by atoms with Crippen LogP contribution in [0.4, 0.5) is 0 Å². The molecule has 1 amide bonds. The quantitative estimate of drug-likeness (QED) is 0.584. The molecule has 32 heavy (non-hydrogen) atoms. The van der Waals surface area contributed by atoms with Gasteiger partial charge in [0.1, 0.15) is 5.69 Å². The van der Waals surface area contributed by atoms with E-state index in [1.165, 1.54) is 0 Å². The second kappa shape index (κ2) is 8.68. The number of carbonyl (C=O) groups excluding carboxylic acids is 1. The minimum Gasteiger partial charge on any atom is -0.376 e. The van der Waals surface area contributed by atoms with E-state index in [2.05, 4.69) is 16.1 Å². The predicted octanol–water partition coefficient (Wildman–Crippen LogP) is 4.21. The van der Waals surface area contributed by atoms with Gasteiger partial charge in [-0.15, -0.1) is 0 Å². The molecular weight excluding hydrogens is 424 g/mol. The maximum absolute atomic E-state index is 13.3. The van der Waals surface area contributed by atoms with E-state index in [1.54, 1.807) is 4.68 Å². The van der Waals surface area contributed by atoms with Crippen molar-refractivity contribution in [3.8, 4) is 11.4 Å². The summed E-state index contributed by atoms with van der Waals surface area (Å²) in [7, 11) is 1.89. The average molecular weight is 451 g/mol. The van der Waals surface area contributed by atoms with E-state index in [0.717, 1.165) is 70.1 Å². The number of aromatic nitrogens is 3. The first kappa shape index (κ1) is 21.2. The highest BCUT2D eigenvalue weighted by molar-refractivity contribution is 6.32. The average Bonchev–Trinajstić information content (AvgIpc) is 3.46. The molecule has 166 valence electrons. The highest BCUT2D eigenvalue weighted by atomic mass is 35.5. The normalized spacial score (nSPS) is 18.3. The fourth-order valence-corrected chi connectivity index (χ4v) is 4.97. The SMILES string of the molecule is Cc1c(Cc2ccc(-c3ccn(C)n3)nc2)cc2c(c1Cl)CCN(CC1CCCO1)C2=O. The number of amides is 1. The van der Waals surface area contributed by atoms with Crippen molar-refractivity contribution < 1.29 is 9.53 Å². The number of hydrogen-bond donors (Lipinski definition) is 0. The number of carbonyl (C=O) groups is 1. The lowest BCUT2D eigenvalue weighted by atomic mass is 9.90. The van der Waals surface area contributed by atoms with E-state index in [-0.39, 0.29) is 12.0 Å². The van der Waals surface area contributed by atoms with Gasteiger partial charge in [-0.05, 0) is 73.1 Å². The second-order valence-electron chi connectivity index (χ2n) is 8.74. The summed E-state index contributed by atoms with van der Waals surface area (Å²) in [5, 5.41) is 5.13. The number of hydrogen-bond acceptors (Lipinski definition) is 4. The molecular formula is C25H27ClN4O2. The van der Waals surface area contributed by atoms with Crippen LogP contribution in [0.2, 0.25) is 5.02 Å². The van der Waals surface area contributed by atoms with Gasteiger partial charge >= 0.3 is 0 Å². The fraction of sp³-hybridized carbons (Fsp3) is 0.400. The van der Waals surface area contributed by atoms with Gasteiger partial charge in [0.2, 0.25) is 0 Å². The van der Waals surface area contributed by atoms with Gasteiger partial charge < -0.3 is 9.64 Å². The highest BCUT2D eigenvalue weighted by Crippen LogP contribution is 2.33. The van der Waals surface area contributed by atoms with E-state index in [1.807, 2.05) is 49.5 Å². The van der Waals surface area contributed by atoms with Crippen molar-refractivity contribution >= 4 is 17.5 Å². The van der Waals surface area contributed by atoms with Crippen LogP contribution >= 0.6 is 11.6 Å². The maximum atomic E-state index is 13.3. The van der Waals surface area contributed by atoms with Crippen LogP contribution in [-0.2, 0) is 24.6 Å². The minimum atomic E-state index is 0.0634. The first-order valence-electron chi connectivity index (χ1n) is 11.2. The molecule has 6 nitrogen and oxygen atoms in total. The van der Waals surface area contributed by atoms with E-state index in [4.69, 9.17) is 16.3 Å². The summed E-state index contributed by atoms with van der Waals surface area (Å²) in [6.07, 6.45) is 7.50. The Morgan fingerprint density at radius 3 is 2.81 bits per heavy atom. The van der Waals surface area contributed by atoms with Crippen LogP contribution in [0.15, 0.2) is 36.7 Å². The van der Waals surface area contributed by atoms with Crippen LogP contribution in [0.3, 0.4) is 0 Å². The van der Waals surface area contributed by atoms with Crippen LogP contribution in [0.1, 0.15) is 45.5 Å². The third kappa shape index (κ3) is 4.05. The highest BCUT2D eigenvalue weighted by Gasteiger charge is 2.30. The first-order chi connectivity index (χ1) is 15.5. The summed E-state index contributed by atoms with van der Waals surface area (Å²) >= 11 is 6.75. The van der Waals surface area contributed by atoms with E-state index in [9.17, 15) is 4.79 Å². The number of aryl methyl sites for hydroxylation is 1. The summed E-state index contributed by atoms with van der Waals surface area (Å²) in [6, 6.07) is 8.04. The summed E-state index contributed by atoms with van der Waals surface area (Å²) in [5.74, 6) is 0.0634. The molecule has 1 saturated heterocycles. The Hall–Kier alpha value is -2.70. The molecule has 0 spiro atoms. The Balaban J connectivity index is 1.38. The smallest absolute Gasteiger partial charge is 0.254 e. The van der Waals surface area contributed by atoms with Crippen LogP contribution in [0, 0.1) is 6.92 Å². The largest absolute Gasteiger partial charge is 0.376 e. The summed E-state index contributed by atoms with van der Waals surface area (Å²) in [6.45, 7) is 4.20. The maximum Gasteiger partial charge on any atom is 0.254 e. The molecule has 3 aromatic rings. The van der Waals surface area contributed by atoms with Crippen molar-refractivity contribution in [1.82, 2.24) is 19.7 Å². The lowest BCUT2D eigenvalue weighted by Crippen LogP contribution is -2.42. The van der Waals surface area contributed by atoms with Crippen molar-refractivity contribution in [1.29, 1.82) is 0 Å². The molecule has 0 radical (unpaired) electrons. The standard InChI is InChI=1S/C25H27ClN4O2/c1-16-18(12-17-5-6-22(27-14-17)23-8-9-29(2)28-23)13-21-20(24(16)26)7-10-30(25(21)31)15-19-4-3-11-32-19/h5-6,8-9,13-14,19H,3-4,7,10-12,15H2,1-2H3. The van der Waals surface area contributed by atoms with Crippen molar-refractivity contribution in [2.75, 3.05) is 19.7 Å². The Morgan fingerprint density at radius 2 is 2.12 bits per heavy atom. The summed E-state index contributed by atoms with van der Waals surface area (Å²) in [4.78, 5) is 19.8. The Labute approximate surface area is 193 Å². The van der Waals surface area contributed by atoms with Gasteiger partial charge in [0.15, 0.2) is 0 Å². The molecule has 4 heterocycles. The van der Waals surface area contributed by atoms with Gasteiger partial charge in [-0.2, -0.15) is 5.10 Å². The van der Waals surface area contributed by atoms with Crippen molar-refractivity contribution in [2.24, 2.45) is 7.05 Å². The van der Waals surface area contributed by atoms with Gasteiger partial charge in [0.25, 0.3) is 5.91 Å². The lowest BCUT2D eigenvalue weighted by Gasteiger charge is -2.31. The zero-order chi connectivity index (χ0) is 22.2. The first-order valence-corrected chi connectivity index (χ1v) is 11.5. The number of fused-ring (bicyclic) bond motifs is 1. The number of rotatable bonds is 5. The number of nitrogens with zero attached hydrogens (tertiary/aromatic N) is 4. The zero-order valence-corrected chi connectivity index (χ0v) is 19.2. The van der Waals surface area contributed by atoms with Gasteiger partial charge in [-0.1, -0.05) is 17.7 Å².